The molecule has 2 N–H and O–H groups in total. The third-order valence-corrected chi connectivity index (χ3v) is 5.43. The van der Waals surface area contributed by atoms with E-state index in [9.17, 15) is 14.4 Å². The third kappa shape index (κ3) is 5.20. The number of carbonyl (C=O) groups is 3. The second-order valence-electron chi connectivity index (χ2n) is 7.70. The molecule has 30 heavy (non-hydrogen) atoms. The van der Waals surface area contributed by atoms with Crippen LogP contribution >= 0.6 is 0 Å². The molecule has 2 atom stereocenters. The van der Waals surface area contributed by atoms with Crippen molar-refractivity contribution in [2.75, 3.05) is 0 Å². The Hall–Kier alpha value is -3.29. The van der Waals surface area contributed by atoms with Gasteiger partial charge in [-0.3, -0.25) is 9.59 Å². The fourth-order valence-electron chi connectivity index (χ4n) is 3.83. The number of carbonyl (C=O) groups excluding carboxylic acids is 2. The molecule has 1 fully saturated rings. The van der Waals surface area contributed by atoms with Crippen LogP contribution in [0.5, 0.6) is 0 Å². The Morgan fingerprint density at radius 1 is 1.03 bits per heavy atom. The Bertz CT molecular complexity index is 919. The largest absolute Gasteiger partial charge is 0.477 e. The molecule has 1 aliphatic rings. The number of hydrogen-bond donors (Lipinski definition) is 2. The quantitative estimate of drug-likeness (QED) is 0.756. The highest BCUT2D eigenvalue weighted by Gasteiger charge is 2.28. The Kier molecular flexibility index (Phi) is 6.76. The summed E-state index contributed by atoms with van der Waals surface area (Å²) in [4.78, 5) is 45.3. The van der Waals surface area contributed by atoms with Crippen LogP contribution in [0.15, 0.2) is 36.7 Å². The van der Waals surface area contributed by atoms with E-state index in [0.29, 0.717) is 6.42 Å². The summed E-state index contributed by atoms with van der Waals surface area (Å²) in [5.41, 5.74) is 1.56. The summed E-state index contributed by atoms with van der Waals surface area (Å²) in [6.07, 6.45) is 4.68. The van der Waals surface area contributed by atoms with Gasteiger partial charge in [0.25, 0.3) is 5.91 Å². The second-order valence-corrected chi connectivity index (χ2v) is 7.70. The minimum absolute atomic E-state index is 0.00520. The number of piperidine rings is 1. The van der Waals surface area contributed by atoms with E-state index in [1.54, 1.807) is 0 Å². The number of nitrogens with zero attached hydrogens (tertiary/aromatic N) is 3. The molecule has 2 aromatic rings. The summed E-state index contributed by atoms with van der Waals surface area (Å²) < 4.78 is 0. The number of benzene rings is 1. The molecule has 2 amide bonds. The fourth-order valence-corrected chi connectivity index (χ4v) is 3.83. The zero-order chi connectivity index (χ0) is 21.7. The lowest BCUT2D eigenvalue weighted by atomic mass is 9.96. The third-order valence-electron chi connectivity index (χ3n) is 5.43. The van der Waals surface area contributed by atoms with Gasteiger partial charge in [0.2, 0.25) is 5.91 Å². The predicted octanol–water partition coefficient (Wildman–Crippen LogP) is 2.44. The van der Waals surface area contributed by atoms with E-state index in [1.165, 1.54) is 6.42 Å². The number of likely N-dealkylation sites (tertiary alicyclic amines) is 1. The number of nitrogens with one attached hydrogen (secondary N) is 1. The van der Waals surface area contributed by atoms with Gasteiger partial charge in [0.1, 0.15) is 12.0 Å². The maximum atomic E-state index is 12.7. The molecule has 3 rings (SSSR count). The molecule has 1 aromatic heterocycles. The van der Waals surface area contributed by atoms with Crippen LogP contribution in [0.25, 0.3) is 0 Å². The minimum Gasteiger partial charge on any atom is -0.477 e. The van der Waals surface area contributed by atoms with Gasteiger partial charge in [-0.25, -0.2) is 14.8 Å². The van der Waals surface area contributed by atoms with Gasteiger partial charge in [0.05, 0.1) is 6.42 Å². The Morgan fingerprint density at radius 3 is 2.27 bits per heavy atom. The Morgan fingerprint density at radius 2 is 1.63 bits per heavy atom. The van der Waals surface area contributed by atoms with Crippen LogP contribution in [0.1, 0.15) is 65.2 Å². The molecule has 0 saturated carbocycles. The van der Waals surface area contributed by atoms with Gasteiger partial charge in [0, 0.05) is 24.7 Å². The number of carboxylic acids is 1. The fraction of sp³-hybridized carbons (Fsp3) is 0.409. The van der Waals surface area contributed by atoms with E-state index in [1.807, 2.05) is 29.2 Å². The second kappa shape index (κ2) is 9.47. The van der Waals surface area contributed by atoms with Crippen LogP contribution in [-0.2, 0) is 17.8 Å². The van der Waals surface area contributed by atoms with E-state index in [4.69, 9.17) is 5.11 Å². The first kappa shape index (κ1) is 21.4. The molecule has 1 saturated heterocycles. The molecular weight excluding hydrogens is 384 g/mol. The highest BCUT2D eigenvalue weighted by Crippen LogP contribution is 2.23. The standard InChI is InChI=1S/C22H26N4O4/c1-14-4-3-5-15(2)26(14)20(27)10-16-6-8-17(9-7-16)12-23-21(28)18-11-19(22(29)30)25-13-24-18/h6-9,11,13-15H,3-5,10,12H2,1-2H3,(H,23,28)(H,29,30). The highest BCUT2D eigenvalue weighted by molar-refractivity contribution is 5.94. The summed E-state index contributed by atoms with van der Waals surface area (Å²) in [7, 11) is 0. The zero-order valence-corrected chi connectivity index (χ0v) is 17.2. The lowest BCUT2D eigenvalue weighted by Gasteiger charge is -2.39. The monoisotopic (exact) mass is 410 g/mol. The van der Waals surface area contributed by atoms with Crippen molar-refractivity contribution >= 4 is 17.8 Å². The molecule has 2 unspecified atom stereocenters. The van der Waals surface area contributed by atoms with Crippen LogP contribution in [0, 0.1) is 0 Å². The molecule has 8 nitrogen and oxygen atoms in total. The van der Waals surface area contributed by atoms with Crippen molar-refractivity contribution in [3.63, 3.8) is 0 Å². The lowest BCUT2D eigenvalue weighted by Crippen LogP contribution is -2.48. The van der Waals surface area contributed by atoms with E-state index >= 15 is 0 Å². The van der Waals surface area contributed by atoms with Crippen molar-refractivity contribution in [3.05, 3.63) is 59.2 Å². The number of rotatable bonds is 6. The van der Waals surface area contributed by atoms with E-state index < -0.39 is 11.9 Å². The SMILES string of the molecule is CC1CCCC(C)N1C(=O)Cc1ccc(CNC(=O)c2cc(C(=O)O)ncn2)cc1. The summed E-state index contributed by atoms with van der Waals surface area (Å²) in [5.74, 6) is -1.55. The molecule has 0 spiro atoms. The number of hydrogen-bond acceptors (Lipinski definition) is 5. The van der Waals surface area contributed by atoms with Crippen molar-refractivity contribution in [1.29, 1.82) is 0 Å². The number of aromatic nitrogens is 2. The number of amides is 2. The van der Waals surface area contributed by atoms with Crippen molar-refractivity contribution in [2.45, 2.75) is 58.2 Å². The molecule has 0 radical (unpaired) electrons. The van der Waals surface area contributed by atoms with Crippen LogP contribution in [-0.4, -0.2) is 49.8 Å². The van der Waals surface area contributed by atoms with E-state index in [-0.39, 0.29) is 35.9 Å². The first-order valence-corrected chi connectivity index (χ1v) is 10.1. The van der Waals surface area contributed by atoms with E-state index in [0.717, 1.165) is 36.4 Å². The molecule has 0 aliphatic carbocycles. The average molecular weight is 410 g/mol. The van der Waals surface area contributed by atoms with Crippen LogP contribution < -0.4 is 5.32 Å². The maximum Gasteiger partial charge on any atom is 0.354 e. The molecular formula is C22H26N4O4. The first-order chi connectivity index (χ1) is 14.3. The van der Waals surface area contributed by atoms with Gasteiger partial charge in [-0.1, -0.05) is 24.3 Å². The average Bonchev–Trinajstić information content (AvgIpc) is 2.73. The van der Waals surface area contributed by atoms with Crippen molar-refractivity contribution < 1.29 is 19.5 Å². The summed E-state index contributed by atoms with van der Waals surface area (Å²) in [5, 5.41) is 11.7. The van der Waals surface area contributed by atoms with Crippen molar-refractivity contribution in [1.82, 2.24) is 20.2 Å². The van der Waals surface area contributed by atoms with Gasteiger partial charge < -0.3 is 15.3 Å². The molecule has 8 heteroatoms. The van der Waals surface area contributed by atoms with Gasteiger partial charge in [-0.05, 0) is 44.2 Å². The molecule has 1 aromatic carbocycles. The van der Waals surface area contributed by atoms with Crippen molar-refractivity contribution in [3.8, 4) is 0 Å². The first-order valence-electron chi connectivity index (χ1n) is 10.1. The molecule has 2 heterocycles. The van der Waals surface area contributed by atoms with Crippen molar-refractivity contribution in [2.24, 2.45) is 0 Å². The van der Waals surface area contributed by atoms with Gasteiger partial charge in [-0.15, -0.1) is 0 Å². The Labute approximate surface area is 175 Å². The summed E-state index contributed by atoms with van der Waals surface area (Å²) in [6.45, 7) is 4.48. The Balaban J connectivity index is 1.55. The zero-order valence-electron chi connectivity index (χ0n) is 17.2. The molecule has 158 valence electrons. The van der Waals surface area contributed by atoms with Gasteiger partial charge >= 0.3 is 5.97 Å². The molecule has 0 bridgehead atoms. The normalized spacial score (nSPS) is 18.7. The maximum absolute atomic E-state index is 12.7. The summed E-state index contributed by atoms with van der Waals surface area (Å²) >= 11 is 0. The van der Waals surface area contributed by atoms with E-state index in [2.05, 4.69) is 29.1 Å². The predicted molar refractivity (Wildman–Crippen MR) is 110 cm³/mol. The lowest BCUT2D eigenvalue weighted by molar-refractivity contribution is -0.136. The smallest absolute Gasteiger partial charge is 0.354 e. The van der Waals surface area contributed by atoms with Gasteiger partial charge in [-0.2, -0.15) is 0 Å². The summed E-state index contributed by atoms with van der Waals surface area (Å²) in [6, 6.07) is 9.22. The highest BCUT2D eigenvalue weighted by atomic mass is 16.4. The minimum atomic E-state index is -1.22. The van der Waals surface area contributed by atoms with Gasteiger partial charge in [0.15, 0.2) is 5.69 Å². The van der Waals surface area contributed by atoms with Crippen LogP contribution in [0.4, 0.5) is 0 Å². The van der Waals surface area contributed by atoms with Crippen LogP contribution in [0.3, 0.4) is 0 Å². The van der Waals surface area contributed by atoms with Crippen LogP contribution in [0.2, 0.25) is 0 Å². The number of carboxylic acid groups (broad SMARTS) is 1. The number of aromatic carboxylic acids is 1. The topological polar surface area (TPSA) is 112 Å². The molecule has 1 aliphatic heterocycles.